The van der Waals surface area contributed by atoms with Gasteiger partial charge in [-0.05, 0) is 24.6 Å². The Morgan fingerprint density at radius 2 is 2.26 bits per heavy atom. The first-order chi connectivity index (χ1) is 8.97. The average Bonchev–Trinajstić information content (AvgIpc) is 2.76. The van der Waals surface area contributed by atoms with Gasteiger partial charge >= 0.3 is 5.97 Å². The van der Waals surface area contributed by atoms with Gasteiger partial charge < -0.3 is 16.2 Å². The number of nitrogens with zero attached hydrogens (tertiary/aromatic N) is 2. The van der Waals surface area contributed by atoms with Gasteiger partial charge in [0.15, 0.2) is 0 Å². The van der Waals surface area contributed by atoms with Gasteiger partial charge in [0.05, 0.1) is 11.8 Å². The second-order valence-corrected chi connectivity index (χ2v) is 4.44. The van der Waals surface area contributed by atoms with Gasteiger partial charge in [0.1, 0.15) is 0 Å². The minimum absolute atomic E-state index is 0.119. The summed E-state index contributed by atoms with van der Waals surface area (Å²) in [5.41, 5.74) is 8.66. The predicted octanol–water partition coefficient (Wildman–Crippen LogP) is 1.62. The fraction of sp³-hybridized carbons (Fsp3) is 0.231. The minimum Gasteiger partial charge on any atom is -0.478 e. The molecule has 0 aliphatic rings. The molecule has 0 saturated heterocycles. The molecule has 19 heavy (non-hydrogen) atoms. The van der Waals surface area contributed by atoms with Crippen molar-refractivity contribution in [3.05, 3.63) is 41.2 Å². The number of aromatic carboxylic acids is 1. The van der Waals surface area contributed by atoms with Gasteiger partial charge in [0.2, 0.25) is 0 Å². The summed E-state index contributed by atoms with van der Waals surface area (Å²) >= 11 is 0. The molecule has 2 aromatic rings. The van der Waals surface area contributed by atoms with Crippen molar-refractivity contribution >= 4 is 17.3 Å². The summed E-state index contributed by atoms with van der Waals surface area (Å²) in [5, 5.41) is 16.3. The van der Waals surface area contributed by atoms with Crippen LogP contribution in [0.25, 0.3) is 0 Å². The minimum atomic E-state index is -1.02. The zero-order valence-corrected chi connectivity index (χ0v) is 10.8. The molecule has 0 bridgehead atoms. The number of nitrogens with one attached hydrogen (secondary N) is 1. The Morgan fingerprint density at radius 3 is 2.84 bits per heavy atom. The van der Waals surface area contributed by atoms with Crippen LogP contribution in [0, 0.1) is 6.92 Å². The molecule has 6 nitrogen and oxygen atoms in total. The molecule has 0 unspecified atom stereocenters. The van der Waals surface area contributed by atoms with Crippen molar-refractivity contribution in [2.24, 2.45) is 7.05 Å². The van der Waals surface area contributed by atoms with Gasteiger partial charge in [0, 0.05) is 36.7 Å². The molecule has 6 heteroatoms. The number of carboxylic acid groups (broad SMARTS) is 1. The molecule has 0 radical (unpaired) electrons. The fourth-order valence-corrected chi connectivity index (χ4v) is 1.84. The molecular weight excluding hydrogens is 244 g/mol. The highest BCUT2D eigenvalue weighted by molar-refractivity contribution is 5.95. The van der Waals surface area contributed by atoms with E-state index < -0.39 is 5.97 Å². The first kappa shape index (κ1) is 12.9. The van der Waals surface area contributed by atoms with Gasteiger partial charge in [-0.2, -0.15) is 5.10 Å². The Hall–Kier alpha value is -2.50. The maximum Gasteiger partial charge on any atom is 0.337 e. The van der Waals surface area contributed by atoms with Gasteiger partial charge in [-0.15, -0.1) is 0 Å². The molecule has 0 aliphatic carbocycles. The van der Waals surface area contributed by atoms with E-state index in [-0.39, 0.29) is 5.56 Å². The lowest BCUT2D eigenvalue weighted by Crippen LogP contribution is -2.07. The van der Waals surface area contributed by atoms with E-state index in [9.17, 15) is 4.79 Å². The molecular formula is C13H16N4O2. The summed E-state index contributed by atoms with van der Waals surface area (Å²) in [7, 11) is 1.85. The van der Waals surface area contributed by atoms with E-state index in [1.165, 1.54) is 0 Å². The summed E-state index contributed by atoms with van der Waals surface area (Å²) in [5.74, 6) is -1.02. The molecule has 4 N–H and O–H groups in total. The van der Waals surface area contributed by atoms with Crippen molar-refractivity contribution < 1.29 is 9.90 Å². The number of hydrogen-bond acceptors (Lipinski definition) is 4. The first-order valence-electron chi connectivity index (χ1n) is 5.82. The van der Waals surface area contributed by atoms with E-state index in [4.69, 9.17) is 10.8 Å². The second kappa shape index (κ2) is 5.01. The van der Waals surface area contributed by atoms with Crippen molar-refractivity contribution in [3.63, 3.8) is 0 Å². The van der Waals surface area contributed by atoms with Crippen molar-refractivity contribution in [3.8, 4) is 0 Å². The van der Waals surface area contributed by atoms with Gasteiger partial charge in [-0.3, -0.25) is 4.68 Å². The first-order valence-corrected chi connectivity index (χ1v) is 5.82. The smallest absolute Gasteiger partial charge is 0.337 e. The van der Waals surface area contributed by atoms with Crippen LogP contribution in [0.2, 0.25) is 0 Å². The number of carboxylic acids is 1. The van der Waals surface area contributed by atoms with Crippen LogP contribution in [0.1, 0.15) is 21.5 Å². The van der Waals surface area contributed by atoms with Crippen LogP contribution >= 0.6 is 0 Å². The summed E-state index contributed by atoms with van der Waals surface area (Å²) in [6, 6.07) is 3.37. The highest BCUT2D eigenvalue weighted by Gasteiger charge is 2.11. The van der Waals surface area contributed by atoms with E-state index in [0.29, 0.717) is 12.2 Å². The number of carbonyl (C=O) groups is 1. The van der Waals surface area contributed by atoms with Gasteiger partial charge in [0.25, 0.3) is 0 Å². The molecule has 100 valence electrons. The van der Waals surface area contributed by atoms with Crippen molar-refractivity contribution in [2.45, 2.75) is 13.5 Å². The second-order valence-electron chi connectivity index (χ2n) is 4.44. The van der Waals surface area contributed by atoms with Crippen LogP contribution in [0.15, 0.2) is 24.5 Å². The lowest BCUT2D eigenvalue weighted by atomic mass is 10.1. The lowest BCUT2D eigenvalue weighted by Gasteiger charge is -2.10. The van der Waals surface area contributed by atoms with Gasteiger partial charge in [-0.1, -0.05) is 0 Å². The molecule has 0 saturated carbocycles. The number of rotatable bonds is 4. The Morgan fingerprint density at radius 1 is 1.53 bits per heavy atom. The number of nitrogen functional groups attached to an aromatic ring is 1. The lowest BCUT2D eigenvalue weighted by molar-refractivity contribution is 0.0698. The molecule has 0 fully saturated rings. The third-order valence-corrected chi connectivity index (χ3v) is 2.87. The average molecular weight is 260 g/mol. The Labute approximate surface area is 110 Å². The summed E-state index contributed by atoms with van der Waals surface area (Å²) in [6.07, 6.45) is 3.66. The molecule has 0 spiro atoms. The molecule has 0 atom stereocenters. The van der Waals surface area contributed by atoms with Crippen LogP contribution in [0.3, 0.4) is 0 Å². The van der Waals surface area contributed by atoms with E-state index in [2.05, 4.69) is 10.4 Å². The summed E-state index contributed by atoms with van der Waals surface area (Å²) in [6.45, 7) is 2.37. The maximum atomic E-state index is 11.1. The maximum absolute atomic E-state index is 11.1. The van der Waals surface area contributed by atoms with Crippen LogP contribution in [-0.2, 0) is 13.6 Å². The van der Waals surface area contributed by atoms with Gasteiger partial charge in [-0.25, -0.2) is 4.79 Å². The third kappa shape index (κ3) is 2.85. The van der Waals surface area contributed by atoms with Crippen molar-refractivity contribution in [1.82, 2.24) is 9.78 Å². The predicted molar refractivity (Wildman–Crippen MR) is 73.1 cm³/mol. The quantitative estimate of drug-likeness (QED) is 0.726. The Kier molecular flexibility index (Phi) is 3.41. The van der Waals surface area contributed by atoms with Crippen LogP contribution in [0.4, 0.5) is 11.4 Å². The highest BCUT2D eigenvalue weighted by atomic mass is 16.4. The Bertz CT molecular complexity index is 619. The SMILES string of the molecule is Cc1cc(NCc2cnn(C)c2)cc(C(=O)O)c1N. The molecule has 1 aromatic carbocycles. The van der Waals surface area contributed by atoms with E-state index in [1.54, 1.807) is 23.9 Å². The van der Waals surface area contributed by atoms with E-state index in [0.717, 1.165) is 16.8 Å². The number of aryl methyl sites for hydroxylation is 2. The number of aromatic nitrogens is 2. The van der Waals surface area contributed by atoms with Crippen molar-refractivity contribution in [2.75, 3.05) is 11.1 Å². The normalized spacial score (nSPS) is 10.4. The zero-order valence-electron chi connectivity index (χ0n) is 10.8. The van der Waals surface area contributed by atoms with E-state index in [1.807, 2.05) is 19.3 Å². The number of benzene rings is 1. The standard InChI is InChI=1S/C13H16N4O2/c1-8-3-10(4-11(12(8)14)13(18)19)15-5-9-6-16-17(2)7-9/h3-4,6-7,15H,5,14H2,1-2H3,(H,18,19). The van der Waals surface area contributed by atoms with E-state index >= 15 is 0 Å². The van der Waals surface area contributed by atoms with Crippen molar-refractivity contribution in [1.29, 1.82) is 0 Å². The largest absolute Gasteiger partial charge is 0.478 e. The third-order valence-electron chi connectivity index (χ3n) is 2.87. The number of hydrogen-bond donors (Lipinski definition) is 3. The zero-order chi connectivity index (χ0) is 14.0. The summed E-state index contributed by atoms with van der Waals surface area (Å²) in [4.78, 5) is 11.1. The molecule has 1 aromatic heterocycles. The topological polar surface area (TPSA) is 93.2 Å². The molecule has 0 amide bonds. The van der Waals surface area contributed by atoms with Crippen LogP contribution in [0.5, 0.6) is 0 Å². The van der Waals surface area contributed by atoms with Crippen LogP contribution < -0.4 is 11.1 Å². The fourth-order valence-electron chi connectivity index (χ4n) is 1.84. The molecule has 0 aliphatic heterocycles. The summed E-state index contributed by atoms with van der Waals surface area (Å²) < 4.78 is 1.72. The highest BCUT2D eigenvalue weighted by Crippen LogP contribution is 2.23. The molecule has 2 rings (SSSR count). The van der Waals surface area contributed by atoms with Crippen LogP contribution in [-0.4, -0.2) is 20.9 Å². The monoisotopic (exact) mass is 260 g/mol. The number of anilines is 2. The Balaban J connectivity index is 2.19. The molecule has 1 heterocycles. The number of nitrogens with two attached hydrogens (primary N) is 1.